The van der Waals surface area contributed by atoms with Crippen LogP contribution in [0.2, 0.25) is 5.02 Å². The summed E-state index contributed by atoms with van der Waals surface area (Å²) in [5.74, 6) is -0.0974. The predicted molar refractivity (Wildman–Crippen MR) is 135 cm³/mol. The molecule has 5 heteroatoms. The van der Waals surface area contributed by atoms with Crippen molar-refractivity contribution in [2.24, 2.45) is 0 Å². The quantitative estimate of drug-likeness (QED) is 0.252. The summed E-state index contributed by atoms with van der Waals surface area (Å²) in [7, 11) is 0. The van der Waals surface area contributed by atoms with Crippen LogP contribution in [0.4, 0.5) is 0 Å². The van der Waals surface area contributed by atoms with E-state index in [0.717, 1.165) is 11.1 Å². The van der Waals surface area contributed by atoms with Gasteiger partial charge in [0.25, 0.3) is 0 Å². The lowest BCUT2D eigenvalue weighted by Gasteiger charge is -2.12. The van der Waals surface area contributed by atoms with Crippen LogP contribution in [0.3, 0.4) is 0 Å². The smallest absolute Gasteiger partial charge is 0.235 e. The summed E-state index contributed by atoms with van der Waals surface area (Å²) in [5, 5.41) is 0.779. The topological polar surface area (TPSA) is 56.5 Å². The van der Waals surface area contributed by atoms with Crippen molar-refractivity contribution in [1.82, 2.24) is 0 Å². The van der Waals surface area contributed by atoms with E-state index in [1.807, 2.05) is 42.5 Å². The molecule has 0 unspecified atom stereocenters. The molecule has 4 nitrogen and oxygen atoms in total. The zero-order chi connectivity index (χ0) is 23.5. The Morgan fingerprint density at radius 2 is 1.41 bits per heavy atom. The van der Waals surface area contributed by atoms with Crippen molar-refractivity contribution < 1.29 is 13.9 Å². The van der Waals surface area contributed by atoms with Crippen LogP contribution < -0.4 is 10.2 Å². The highest BCUT2D eigenvalue weighted by Crippen LogP contribution is 2.35. The van der Waals surface area contributed by atoms with Gasteiger partial charge in [-0.3, -0.25) is 9.59 Å². The summed E-state index contributed by atoms with van der Waals surface area (Å²) in [6.07, 6.45) is 0. The second-order valence-electron chi connectivity index (χ2n) is 7.72. The Morgan fingerprint density at radius 1 is 0.765 bits per heavy atom. The van der Waals surface area contributed by atoms with E-state index in [0.29, 0.717) is 27.1 Å². The number of rotatable bonds is 6. The molecule has 5 aromatic rings. The number of Topliss-reactive ketones (excluding diaryl/α,β-unsaturated/α-hetero) is 1. The zero-order valence-corrected chi connectivity index (χ0v) is 18.8. The molecule has 5 rings (SSSR count). The fourth-order valence-corrected chi connectivity index (χ4v) is 4.00. The Morgan fingerprint density at radius 3 is 2.18 bits per heavy atom. The van der Waals surface area contributed by atoms with Gasteiger partial charge >= 0.3 is 0 Å². The molecule has 0 aliphatic heterocycles. The molecule has 0 saturated carbocycles. The van der Waals surface area contributed by atoms with Gasteiger partial charge in [-0.25, -0.2) is 0 Å². The van der Waals surface area contributed by atoms with E-state index in [2.05, 4.69) is 0 Å². The summed E-state index contributed by atoms with van der Waals surface area (Å²) in [4.78, 5) is 26.1. The van der Waals surface area contributed by atoms with Gasteiger partial charge in [0.2, 0.25) is 11.2 Å². The molecule has 0 aliphatic rings. The largest absolute Gasteiger partial charge is 0.478 e. The molecule has 0 amide bonds. The number of para-hydroxylation sites is 1. The highest BCUT2D eigenvalue weighted by atomic mass is 35.5. The first kappa shape index (κ1) is 21.7. The number of hydrogen-bond donors (Lipinski definition) is 0. The number of carbonyl (C=O) groups excluding carboxylic acids is 1. The van der Waals surface area contributed by atoms with Crippen LogP contribution >= 0.6 is 11.6 Å². The number of benzene rings is 4. The van der Waals surface area contributed by atoms with Crippen LogP contribution in [0.5, 0.6) is 5.75 Å². The third kappa shape index (κ3) is 4.24. The number of ketones is 1. The minimum atomic E-state index is -0.357. The van der Waals surface area contributed by atoms with Gasteiger partial charge in [-0.05, 0) is 35.4 Å². The van der Waals surface area contributed by atoms with E-state index < -0.39 is 0 Å². The molecule has 34 heavy (non-hydrogen) atoms. The highest BCUT2D eigenvalue weighted by molar-refractivity contribution is 6.33. The van der Waals surface area contributed by atoms with Crippen molar-refractivity contribution in [3.63, 3.8) is 0 Å². The van der Waals surface area contributed by atoms with Crippen molar-refractivity contribution in [3.05, 3.63) is 124 Å². The predicted octanol–water partition coefficient (Wildman–Crippen LogP) is 7.04. The first-order valence-electron chi connectivity index (χ1n) is 10.7. The number of halogens is 1. The summed E-state index contributed by atoms with van der Waals surface area (Å²) >= 11 is 6.37. The Hall–Kier alpha value is -4.15. The lowest BCUT2D eigenvalue weighted by Crippen LogP contribution is -2.17. The summed E-state index contributed by atoms with van der Waals surface area (Å²) in [5.41, 5.74) is 3.14. The first-order chi connectivity index (χ1) is 16.6. The zero-order valence-electron chi connectivity index (χ0n) is 18.0. The SMILES string of the molecule is O=C(COc1c(-c2ccccc2Cl)oc2ccccc2c1=O)c1ccc(-c2ccccc2)cc1. The maximum absolute atomic E-state index is 13.2. The summed E-state index contributed by atoms with van der Waals surface area (Å²) in [6.45, 7) is -0.314. The Labute approximate surface area is 201 Å². The second kappa shape index (κ2) is 9.38. The molecule has 0 fully saturated rings. The van der Waals surface area contributed by atoms with Crippen molar-refractivity contribution >= 4 is 28.4 Å². The number of carbonyl (C=O) groups is 1. The van der Waals surface area contributed by atoms with E-state index >= 15 is 0 Å². The molecule has 4 aromatic carbocycles. The van der Waals surface area contributed by atoms with Crippen molar-refractivity contribution in [1.29, 1.82) is 0 Å². The second-order valence-corrected chi connectivity index (χ2v) is 8.13. The maximum Gasteiger partial charge on any atom is 0.235 e. The van der Waals surface area contributed by atoms with Crippen LogP contribution in [-0.2, 0) is 0 Å². The third-order valence-electron chi connectivity index (χ3n) is 5.54. The van der Waals surface area contributed by atoms with Crippen LogP contribution in [0.1, 0.15) is 10.4 Å². The van der Waals surface area contributed by atoms with Gasteiger partial charge in [-0.15, -0.1) is 0 Å². The Bertz CT molecular complexity index is 1540. The molecule has 0 spiro atoms. The highest BCUT2D eigenvalue weighted by Gasteiger charge is 2.20. The minimum Gasteiger partial charge on any atom is -0.478 e. The average molecular weight is 467 g/mol. The van der Waals surface area contributed by atoms with Crippen molar-refractivity contribution in [2.45, 2.75) is 0 Å². The van der Waals surface area contributed by atoms with E-state index in [9.17, 15) is 9.59 Å². The van der Waals surface area contributed by atoms with Gasteiger partial charge in [-0.2, -0.15) is 0 Å². The number of fused-ring (bicyclic) bond motifs is 1. The van der Waals surface area contributed by atoms with Gasteiger partial charge in [0.15, 0.2) is 18.2 Å². The number of ether oxygens (including phenoxy) is 1. The molecule has 0 N–H and O–H groups in total. The molecule has 0 radical (unpaired) electrons. The van der Waals surface area contributed by atoms with E-state index in [-0.39, 0.29) is 29.3 Å². The third-order valence-corrected chi connectivity index (χ3v) is 5.87. The van der Waals surface area contributed by atoms with E-state index in [4.69, 9.17) is 20.8 Å². The maximum atomic E-state index is 13.2. The lowest BCUT2D eigenvalue weighted by atomic mass is 10.0. The van der Waals surface area contributed by atoms with Crippen molar-refractivity contribution in [2.75, 3.05) is 6.61 Å². The lowest BCUT2D eigenvalue weighted by molar-refractivity contribution is 0.0920. The van der Waals surface area contributed by atoms with Gasteiger partial charge in [0.05, 0.1) is 10.4 Å². The van der Waals surface area contributed by atoms with Crippen LogP contribution in [0.15, 0.2) is 112 Å². The van der Waals surface area contributed by atoms with Crippen LogP contribution in [0.25, 0.3) is 33.4 Å². The molecular weight excluding hydrogens is 448 g/mol. The van der Waals surface area contributed by atoms with E-state index in [1.54, 1.807) is 60.7 Å². The molecule has 166 valence electrons. The van der Waals surface area contributed by atoms with Gasteiger partial charge in [0, 0.05) is 11.1 Å². The fourth-order valence-electron chi connectivity index (χ4n) is 3.78. The summed E-state index contributed by atoms with van der Waals surface area (Å²) in [6, 6.07) is 31.1. The van der Waals surface area contributed by atoms with Gasteiger partial charge in [0.1, 0.15) is 5.58 Å². The molecule has 1 aromatic heterocycles. The summed E-state index contributed by atoms with van der Waals surface area (Å²) < 4.78 is 11.8. The Balaban J connectivity index is 1.46. The first-order valence-corrected chi connectivity index (χ1v) is 11.1. The fraction of sp³-hybridized carbons (Fsp3) is 0.0345. The molecule has 0 atom stereocenters. The molecule has 1 heterocycles. The molecular formula is C29H19ClO4. The van der Waals surface area contributed by atoms with Crippen molar-refractivity contribution in [3.8, 4) is 28.2 Å². The average Bonchev–Trinajstić information content (AvgIpc) is 2.89. The number of hydrogen-bond acceptors (Lipinski definition) is 4. The van der Waals surface area contributed by atoms with Crippen LogP contribution in [0, 0.1) is 0 Å². The molecule has 0 bridgehead atoms. The standard InChI is InChI=1S/C29H19ClO4/c30-24-12-6-4-10-22(24)28-29(27(32)23-11-5-7-13-26(23)34-28)33-18-25(31)21-16-14-20(15-17-21)19-8-2-1-3-9-19/h1-17H,18H2. The van der Waals surface area contributed by atoms with Crippen LogP contribution in [-0.4, -0.2) is 12.4 Å². The molecule has 0 saturated heterocycles. The van der Waals surface area contributed by atoms with E-state index in [1.165, 1.54) is 0 Å². The minimum absolute atomic E-state index is 0.0407. The Kier molecular flexibility index (Phi) is 5.98. The van der Waals surface area contributed by atoms with Gasteiger partial charge in [-0.1, -0.05) is 90.5 Å². The van der Waals surface area contributed by atoms with Gasteiger partial charge < -0.3 is 9.15 Å². The molecule has 0 aliphatic carbocycles. The normalized spacial score (nSPS) is 10.9. The monoisotopic (exact) mass is 466 g/mol.